The molecular formula is C37H60N2. The highest BCUT2D eigenvalue weighted by Crippen LogP contribution is 2.34. The van der Waals surface area contributed by atoms with Crippen molar-refractivity contribution in [1.82, 2.24) is 9.97 Å². The van der Waals surface area contributed by atoms with Crippen LogP contribution in [0.2, 0.25) is 0 Å². The van der Waals surface area contributed by atoms with Gasteiger partial charge in [-0.3, -0.25) is 0 Å². The van der Waals surface area contributed by atoms with E-state index in [1.165, 1.54) is 152 Å². The maximum atomic E-state index is 4.68. The molecule has 0 unspecified atom stereocenters. The van der Waals surface area contributed by atoms with Gasteiger partial charge in [0.15, 0.2) is 5.82 Å². The summed E-state index contributed by atoms with van der Waals surface area (Å²) >= 11 is 0. The summed E-state index contributed by atoms with van der Waals surface area (Å²) in [7, 11) is 0. The molecule has 2 heteroatoms. The summed E-state index contributed by atoms with van der Waals surface area (Å²) in [5.41, 5.74) is 3.87. The van der Waals surface area contributed by atoms with Crippen LogP contribution in [-0.4, -0.2) is 9.97 Å². The molecule has 1 aromatic carbocycles. The first-order valence-electron chi connectivity index (χ1n) is 17.2. The third-order valence-corrected chi connectivity index (χ3v) is 9.25. The van der Waals surface area contributed by atoms with Crippen LogP contribution in [0.15, 0.2) is 36.7 Å². The lowest BCUT2D eigenvalue weighted by atomic mass is 9.78. The smallest absolute Gasteiger partial charge is 0.159 e. The Morgan fingerprint density at radius 3 is 1.51 bits per heavy atom. The van der Waals surface area contributed by atoms with Gasteiger partial charge in [-0.2, -0.15) is 0 Å². The summed E-state index contributed by atoms with van der Waals surface area (Å²) in [6.07, 6.45) is 36.1. The third kappa shape index (κ3) is 13.5. The topological polar surface area (TPSA) is 25.8 Å². The van der Waals surface area contributed by atoms with Crippen LogP contribution in [-0.2, 0) is 12.8 Å². The highest BCUT2D eigenvalue weighted by molar-refractivity contribution is 5.55. The van der Waals surface area contributed by atoms with Gasteiger partial charge in [0.2, 0.25) is 0 Å². The van der Waals surface area contributed by atoms with Crippen molar-refractivity contribution in [3.63, 3.8) is 0 Å². The fourth-order valence-corrected chi connectivity index (χ4v) is 6.52. The van der Waals surface area contributed by atoms with E-state index in [-0.39, 0.29) is 0 Å². The highest BCUT2D eigenvalue weighted by atomic mass is 14.9. The van der Waals surface area contributed by atoms with Crippen molar-refractivity contribution in [2.45, 2.75) is 162 Å². The van der Waals surface area contributed by atoms with Gasteiger partial charge in [0.1, 0.15) is 0 Å². The lowest BCUT2D eigenvalue weighted by Gasteiger charge is -2.28. The van der Waals surface area contributed by atoms with E-state index in [1.54, 1.807) is 0 Å². The molecule has 1 aliphatic rings. The van der Waals surface area contributed by atoms with E-state index in [0.717, 1.165) is 29.6 Å². The number of hydrogen-bond acceptors (Lipinski definition) is 2. The van der Waals surface area contributed by atoms with E-state index >= 15 is 0 Å². The molecule has 1 aliphatic carbocycles. The van der Waals surface area contributed by atoms with Gasteiger partial charge in [-0.15, -0.1) is 0 Å². The molecule has 0 aliphatic heterocycles. The van der Waals surface area contributed by atoms with Crippen molar-refractivity contribution < 1.29 is 0 Å². The number of unbranched alkanes of at least 4 members (excludes halogenated alkanes) is 12. The number of rotatable bonds is 21. The second kappa shape index (κ2) is 20.2. The zero-order valence-corrected chi connectivity index (χ0v) is 25.8. The van der Waals surface area contributed by atoms with E-state index in [2.05, 4.69) is 48.1 Å². The molecule has 0 amide bonds. The quantitative estimate of drug-likeness (QED) is 0.149. The highest BCUT2D eigenvalue weighted by Gasteiger charge is 2.20. The minimum Gasteiger partial charge on any atom is -0.236 e. The molecule has 0 radical (unpaired) electrons. The Hall–Kier alpha value is -1.70. The molecule has 39 heavy (non-hydrogen) atoms. The normalized spacial score (nSPS) is 17.5. The maximum Gasteiger partial charge on any atom is 0.159 e. The number of aryl methyl sites for hydroxylation is 2. The van der Waals surface area contributed by atoms with E-state index in [1.807, 2.05) is 12.4 Å². The van der Waals surface area contributed by atoms with E-state index in [9.17, 15) is 0 Å². The van der Waals surface area contributed by atoms with Crippen molar-refractivity contribution in [1.29, 1.82) is 0 Å². The minimum absolute atomic E-state index is 0.860. The van der Waals surface area contributed by atoms with Crippen LogP contribution in [0.4, 0.5) is 0 Å². The van der Waals surface area contributed by atoms with Gasteiger partial charge in [-0.25, -0.2) is 9.97 Å². The van der Waals surface area contributed by atoms with Crippen LogP contribution in [0.25, 0.3) is 11.4 Å². The van der Waals surface area contributed by atoms with Crippen LogP contribution in [0.1, 0.15) is 160 Å². The van der Waals surface area contributed by atoms with Gasteiger partial charge in [-0.1, -0.05) is 160 Å². The summed E-state index contributed by atoms with van der Waals surface area (Å²) in [4.78, 5) is 9.37. The monoisotopic (exact) mass is 532 g/mol. The van der Waals surface area contributed by atoms with Crippen LogP contribution < -0.4 is 0 Å². The first-order chi connectivity index (χ1) is 19.3. The Morgan fingerprint density at radius 2 is 0.949 bits per heavy atom. The molecule has 0 bridgehead atoms. The first kappa shape index (κ1) is 31.8. The van der Waals surface area contributed by atoms with Crippen LogP contribution in [0.3, 0.4) is 0 Å². The molecule has 0 spiro atoms. The molecule has 0 N–H and O–H groups in total. The van der Waals surface area contributed by atoms with Crippen LogP contribution in [0.5, 0.6) is 0 Å². The molecule has 218 valence electrons. The van der Waals surface area contributed by atoms with Crippen molar-refractivity contribution in [2.75, 3.05) is 0 Å². The Balaban J connectivity index is 1.24. The van der Waals surface area contributed by atoms with Gasteiger partial charge in [0.25, 0.3) is 0 Å². The van der Waals surface area contributed by atoms with Crippen molar-refractivity contribution in [3.05, 3.63) is 47.8 Å². The summed E-state index contributed by atoms with van der Waals surface area (Å²) in [6.45, 7) is 4.61. The second-order valence-electron chi connectivity index (χ2n) is 12.7. The maximum absolute atomic E-state index is 4.68. The van der Waals surface area contributed by atoms with Gasteiger partial charge in [-0.05, 0) is 48.6 Å². The Bertz CT molecular complexity index is 833. The number of benzene rings is 1. The molecule has 2 aromatic rings. The summed E-state index contributed by atoms with van der Waals surface area (Å²) in [5.74, 6) is 2.90. The van der Waals surface area contributed by atoms with E-state index < -0.39 is 0 Å². The molecule has 3 rings (SSSR count). The second-order valence-corrected chi connectivity index (χ2v) is 12.7. The van der Waals surface area contributed by atoms with Gasteiger partial charge in [0, 0.05) is 18.0 Å². The Labute approximate surface area is 242 Å². The van der Waals surface area contributed by atoms with E-state index in [4.69, 9.17) is 0 Å². The fourth-order valence-electron chi connectivity index (χ4n) is 6.52. The number of hydrogen-bond donors (Lipinski definition) is 0. The lowest BCUT2D eigenvalue weighted by Crippen LogP contribution is -2.14. The zero-order valence-electron chi connectivity index (χ0n) is 25.8. The average Bonchev–Trinajstić information content (AvgIpc) is 2.98. The summed E-state index contributed by atoms with van der Waals surface area (Å²) < 4.78 is 0. The Morgan fingerprint density at radius 1 is 0.513 bits per heavy atom. The number of aromatic nitrogens is 2. The molecular weight excluding hydrogens is 472 g/mol. The summed E-state index contributed by atoms with van der Waals surface area (Å²) in [5, 5.41) is 0. The lowest BCUT2D eigenvalue weighted by molar-refractivity contribution is 0.245. The fraction of sp³-hybridized carbons (Fsp3) is 0.730. The van der Waals surface area contributed by atoms with Gasteiger partial charge in [0.05, 0.1) is 0 Å². The largest absolute Gasteiger partial charge is 0.236 e. The molecule has 0 saturated heterocycles. The van der Waals surface area contributed by atoms with Crippen LogP contribution >= 0.6 is 0 Å². The first-order valence-corrected chi connectivity index (χ1v) is 17.2. The number of nitrogens with zero attached hydrogens (tertiary/aromatic N) is 2. The molecule has 2 nitrogen and oxygen atoms in total. The van der Waals surface area contributed by atoms with Crippen LogP contribution in [0, 0.1) is 11.8 Å². The van der Waals surface area contributed by atoms with E-state index in [0.29, 0.717) is 0 Å². The predicted molar refractivity (Wildman–Crippen MR) is 170 cm³/mol. The third-order valence-electron chi connectivity index (χ3n) is 9.25. The average molecular weight is 533 g/mol. The minimum atomic E-state index is 0.860. The molecule has 1 fully saturated rings. The van der Waals surface area contributed by atoms with Crippen molar-refractivity contribution >= 4 is 0 Å². The molecule has 1 heterocycles. The van der Waals surface area contributed by atoms with Crippen molar-refractivity contribution in [2.24, 2.45) is 11.8 Å². The predicted octanol–water partition coefficient (Wildman–Crippen LogP) is 11.7. The van der Waals surface area contributed by atoms with Gasteiger partial charge >= 0.3 is 0 Å². The molecule has 1 saturated carbocycles. The zero-order chi connectivity index (χ0) is 27.4. The summed E-state index contributed by atoms with van der Waals surface area (Å²) in [6, 6.07) is 9.01. The Kier molecular flexibility index (Phi) is 16.5. The molecule has 1 aromatic heterocycles. The standard InChI is InChI=1S/C37H60N2/c1-3-5-7-8-9-10-11-12-13-15-21-35-30-38-37(39-31-35)36-28-26-34(27-29-36)20-17-16-19-33-24-22-32(23-25-33)18-14-6-4-2/h26-33H,3-25H2,1-2H3/t32-,33-. The van der Waals surface area contributed by atoms with Gasteiger partial charge < -0.3 is 0 Å². The molecule has 0 atom stereocenters. The SMILES string of the molecule is CCCCCCCCCCCCc1cnc(-c2ccc(CCCC[C@H]3CC[C@H](CCCCC)CC3)cc2)nc1. The van der Waals surface area contributed by atoms with Crippen molar-refractivity contribution in [3.8, 4) is 11.4 Å².